The third-order valence-corrected chi connectivity index (χ3v) is 4.32. The minimum absolute atomic E-state index is 0.212. The first kappa shape index (κ1) is 16.7. The Bertz CT molecular complexity index is 1130. The van der Waals surface area contributed by atoms with E-state index in [1.165, 1.54) is 24.3 Å². The summed E-state index contributed by atoms with van der Waals surface area (Å²) in [6, 6.07) is 17.4. The van der Waals surface area contributed by atoms with E-state index < -0.39 is 23.7 Å². The molecule has 132 valence electrons. The van der Waals surface area contributed by atoms with Gasteiger partial charge in [0.1, 0.15) is 11.4 Å². The summed E-state index contributed by atoms with van der Waals surface area (Å²) in [4.78, 5) is 37.9. The molecule has 6 heteroatoms. The molecule has 27 heavy (non-hydrogen) atoms. The van der Waals surface area contributed by atoms with E-state index in [9.17, 15) is 18.8 Å². The number of halogens is 1. The average Bonchev–Trinajstić information content (AvgIpc) is 2.66. The van der Waals surface area contributed by atoms with Crippen LogP contribution in [-0.2, 0) is 9.59 Å². The molecular weight excluding hydrogens is 347 g/mol. The molecule has 4 rings (SSSR count). The Morgan fingerprint density at radius 2 is 1.56 bits per heavy atom. The van der Waals surface area contributed by atoms with Crippen LogP contribution in [0.3, 0.4) is 0 Å². The zero-order valence-electron chi connectivity index (χ0n) is 14.0. The molecule has 5 nitrogen and oxygen atoms in total. The van der Waals surface area contributed by atoms with Crippen molar-refractivity contribution < 1.29 is 18.8 Å². The molecule has 1 aliphatic rings. The summed E-state index contributed by atoms with van der Waals surface area (Å²) in [6.45, 7) is 0. The smallest absolute Gasteiger partial charge is 0.273 e. The summed E-state index contributed by atoms with van der Waals surface area (Å²) < 4.78 is 14.1. The summed E-state index contributed by atoms with van der Waals surface area (Å²) >= 11 is 0. The number of para-hydroxylation sites is 1. The van der Waals surface area contributed by atoms with Gasteiger partial charge in [-0.1, -0.05) is 54.6 Å². The molecule has 1 heterocycles. The lowest BCUT2D eigenvalue weighted by atomic mass is 10.0. The number of urea groups is 1. The minimum Gasteiger partial charge on any atom is -0.273 e. The van der Waals surface area contributed by atoms with Crippen LogP contribution in [0.5, 0.6) is 0 Å². The number of hydrogen-bond donors (Lipinski definition) is 1. The zero-order chi connectivity index (χ0) is 19.0. The summed E-state index contributed by atoms with van der Waals surface area (Å²) in [5, 5.41) is 3.89. The number of fused-ring (bicyclic) bond motifs is 1. The van der Waals surface area contributed by atoms with E-state index in [-0.39, 0.29) is 11.3 Å². The minimum atomic E-state index is -0.981. The molecular formula is C21H13FN2O3. The van der Waals surface area contributed by atoms with Gasteiger partial charge >= 0.3 is 6.03 Å². The van der Waals surface area contributed by atoms with Gasteiger partial charge in [-0.2, -0.15) is 0 Å². The number of amides is 4. The summed E-state index contributed by atoms with van der Waals surface area (Å²) in [5.41, 5.74) is 0.194. The van der Waals surface area contributed by atoms with Gasteiger partial charge in [0, 0.05) is 0 Å². The monoisotopic (exact) mass is 360 g/mol. The van der Waals surface area contributed by atoms with Gasteiger partial charge in [-0.3, -0.25) is 14.9 Å². The molecule has 0 atom stereocenters. The maximum absolute atomic E-state index is 14.1. The Morgan fingerprint density at radius 1 is 0.852 bits per heavy atom. The standard InChI is InChI=1S/C21H13FN2O3/c22-17-10-3-4-11-18(17)24-20(26)16(19(25)23-21(24)27)12-14-8-5-7-13-6-1-2-9-15(13)14/h1-12H,(H,23,25,27)/b16-12+. The number of carbonyl (C=O) groups is 3. The van der Waals surface area contributed by atoms with E-state index in [1.807, 2.05) is 30.3 Å². The van der Waals surface area contributed by atoms with Crippen LogP contribution >= 0.6 is 0 Å². The molecule has 4 amide bonds. The third kappa shape index (κ3) is 2.87. The number of nitrogens with one attached hydrogen (secondary N) is 1. The number of rotatable bonds is 2. The molecule has 0 radical (unpaired) electrons. The van der Waals surface area contributed by atoms with Gasteiger partial charge in [0.15, 0.2) is 0 Å². The maximum atomic E-state index is 14.1. The van der Waals surface area contributed by atoms with Crippen LogP contribution in [0.1, 0.15) is 5.56 Å². The van der Waals surface area contributed by atoms with Crippen molar-refractivity contribution in [2.24, 2.45) is 0 Å². The number of carbonyl (C=O) groups excluding carboxylic acids is 3. The molecule has 0 unspecified atom stereocenters. The van der Waals surface area contributed by atoms with Crippen LogP contribution < -0.4 is 10.2 Å². The Kier molecular flexibility index (Phi) is 4.01. The lowest BCUT2D eigenvalue weighted by Crippen LogP contribution is -2.54. The molecule has 1 N–H and O–H groups in total. The topological polar surface area (TPSA) is 66.5 Å². The number of benzene rings is 3. The van der Waals surface area contributed by atoms with Gasteiger partial charge in [0.2, 0.25) is 0 Å². The molecule has 3 aromatic carbocycles. The van der Waals surface area contributed by atoms with Gasteiger partial charge in [-0.25, -0.2) is 14.1 Å². The maximum Gasteiger partial charge on any atom is 0.336 e. The highest BCUT2D eigenvalue weighted by Gasteiger charge is 2.37. The fourth-order valence-corrected chi connectivity index (χ4v) is 3.04. The van der Waals surface area contributed by atoms with Crippen molar-refractivity contribution in [1.29, 1.82) is 0 Å². The normalized spacial score (nSPS) is 16.1. The van der Waals surface area contributed by atoms with E-state index >= 15 is 0 Å². The van der Waals surface area contributed by atoms with Gasteiger partial charge in [0.05, 0.1) is 5.69 Å². The molecule has 0 aromatic heterocycles. The zero-order valence-corrected chi connectivity index (χ0v) is 14.0. The van der Waals surface area contributed by atoms with E-state index in [1.54, 1.807) is 12.1 Å². The molecule has 0 aliphatic carbocycles. The van der Waals surface area contributed by atoms with Crippen molar-refractivity contribution in [3.63, 3.8) is 0 Å². The molecule has 1 aliphatic heterocycles. The lowest BCUT2D eigenvalue weighted by Gasteiger charge is -2.26. The molecule has 0 spiro atoms. The van der Waals surface area contributed by atoms with Crippen molar-refractivity contribution in [3.05, 3.63) is 83.7 Å². The third-order valence-electron chi connectivity index (χ3n) is 4.32. The first-order valence-electron chi connectivity index (χ1n) is 8.20. The Balaban J connectivity index is 1.83. The van der Waals surface area contributed by atoms with Crippen molar-refractivity contribution in [1.82, 2.24) is 5.32 Å². The van der Waals surface area contributed by atoms with E-state index in [2.05, 4.69) is 5.32 Å². The number of imide groups is 2. The number of nitrogens with zero attached hydrogens (tertiary/aromatic N) is 1. The predicted octanol–water partition coefficient (Wildman–Crippen LogP) is 3.65. The van der Waals surface area contributed by atoms with Crippen LogP contribution in [0.15, 0.2) is 72.3 Å². The highest BCUT2D eigenvalue weighted by molar-refractivity contribution is 6.39. The van der Waals surface area contributed by atoms with E-state index in [4.69, 9.17) is 0 Å². The lowest BCUT2D eigenvalue weighted by molar-refractivity contribution is -0.122. The highest BCUT2D eigenvalue weighted by atomic mass is 19.1. The van der Waals surface area contributed by atoms with Crippen molar-refractivity contribution in [2.75, 3.05) is 4.90 Å². The number of hydrogen-bond acceptors (Lipinski definition) is 3. The highest BCUT2D eigenvalue weighted by Crippen LogP contribution is 2.26. The van der Waals surface area contributed by atoms with Crippen molar-refractivity contribution in [3.8, 4) is 0 Å². The van der Waals surface area contributed by atoms with Crippen molar-refractivity contribution >= 4 is 40.4 Å². The largest absolute Gasteiger partial charge is 0.336 e. The van der Waals surface area contributed by atoms with Crippen LogP contribution in [0.2, 0.25) is 0 Å². The Labute approximate surface area is 153 Å². The fraction of sp³-hybridized carbons (Fsp3) is 0. The van der Waals surface area contributed by atoms with Gasteiger partial charge in [-0.15, -0.1) is 0 Å². The quantitative estimate of drug-likeness (QED) is 0.560. The van der Waals surface area contributed by atoms with Crippen molar-refractivity contribution in [2.45, 2.75) is 0 Å². The fourth-order valence-electron chi connectivity index (χ4n) is 3.04. The molecule has 0 bridgehead atoms. The van der Waals surface area contributed by atoms with E-state index in [0.717, 1.165) is 16.8 Å². The number of barbiturate groups is 1. The first-order valence-corrected chi connectivity index (χ1v) is 8.20. The van der Waals surface area contributed by atoms with Crippen LogP contribution in [0.4, 0.5) is 14.9 Å². The average molecular weight is 360 g/mol. The SMILES string of the molecule is O=C1NC(=O)N(c2ccccc2F)C(=O)/C1=C/c1cccc2ccccc12. The summed E-state index contributed by atoms with van der Waals surface area (Å²) in [5.74, 6) is -2.42. The van der Waals surface area contributed by atoms with Gasteiger partial charge in [0.25, 0.3) is 11.8 Å². The van der Waals surface area contributed by atoms with Crippen LogP contribution in [-0.4, -0.2) is 17.8 Å². The second kappa shape index (κ2) is 6.49. The molecule has 0 saturated carbocycles. The molecule has 1 fully saturated rings. The molecule has 1 saturated heterocycles. The van der Waals surface area contributed by atoms with Gasteiger partial charge < -0.3 is 0 Å². The Morgan fingerprint density at radius 3 is 2.37 bits per heavy atom. The summed E-state index contributed by atoms with van der Waals surface area (Å²) in [7, 11) is 0. The first-order chi connectivity index (χ1) is 13.1. The molecule has 3 aromatic rings. The predicted molar refractivity (Wildman–Crippen MR) is 99.3 cm³/mol. The van der Waals surface area contributed by atoms with E-state index in [0.29, 0.717) is 10.5 Å². The van der Waals surface area contributed by atoms with Crippen LogP contribution in [0, 0.1) is 5.82 Å². The second-order valence-electron chi connectivity index (χ2n) is 5.98. The number of anilines is 1. The Hall–Kier alpha value is -3.80. The second-order valence-corrected chi connectivity index (χ2v) is 5.98. The van der Waals surface area contributed by atoms with Gasteiger partial charge in [-0.05, 0) is 34.5 Å². The summed E-state index contributed by atoms with van der Waals surface area (Å²) in [6.07, 6.45) is 1.42. The van der Waals surface area contributed by atoms with Crippen LogP contribution in [0.25, 0.3) is 16.8 Å².